The van der Waals surface area contributed by atoms with Crippen LogP contribution in [0, 0.1) is 5.92 Å². The Labute approximate surface area is 120 Å². The molecule has 0 aliphatic carbocycles. The summed E-state index contributed by atoms with van der Waals surface area (Å²) in [5.74, 6) is 4.33. The second-order valence-corrected chi connectivity index (χ2v) is 4.93. The van der Waals surface area contributed by atoms with Crippen molar-refractivity contribution in [3.63, 3.8) is 0 Å². The predicted molar refractivity (Wildman–Crippen MR) is 67.7 cm³/mol. The second kappa shape index (κ2) is 8.18. The highest BCUT2D eigenvalue weighted by molar-refractivity contribution is 5.80. The molecule has 1 fully saturated rings. The molecule has 0 spiro atoms. The number of nitrogens with zero attached hydrogens (tertiary/aromatic N) is 1. The van der Waals surface area contributed by atoms with Gasteiger partial charge in [0.1, 0.15) is 6.61 Å². The number of carbonyl (C=O) groups excluding carboxylic acids is 2. The smallest absolute Gasteiger partial charge is 0.372 e. The number of piperidine rings is 1. The minimum absolute atomic E-state index is 0.0999. The maximum atomic E-state index is 11.9. The van der Waals surface area contributed by atoms with Crippen LogP contribution in [0.2, 0.25) is 0 Å². The van der Waals surface area contributed by atoms with Gasteiger partial charge in [0.05, 0.1) is 0 Å². The molecule has 0 aromatic rings. The molecule has 21 heavy (non-hydrogen) atoms. The van der Waals surface area contributed by atoms with Crippen molar-refractivity contribution in [1.82, 2.24) is 10.3 Å². The zero-order valence-electron chi connectivity index (χ0n) is 11.6. The third kappa shape index (κ3) is 6.76. The van der Waals surface area contributed by atoms with Gasteiger partial charge in [-0.3, -0.25) is 15.0 Å². The fourth-order valence-corrected chi connectivity index (χ4v) is 2.13. The minimum atomic E-state index is -4.20. The zero-order chi connectivity index (χ0) is 15.9. The molecular formula is C12H20F3N3O3. The summed E-state index contributed by atoms with van der Waals surface area (Å²) in [5.41, 5.74) is 2.08. The summed E-state index contributed by atoms with van der Waals surface area (Å²) >= 11 is 0. The van der Waals surface area contributed by atoms with Crippen LogP contribution in [0.5, 0.6) is 0 Å². The number of carbonyl (C=O) groups is 2. The number of rotatable bonds is 6. The van der Waals surface area contributed by atoms with Crippen molar-refractivity contribution < 1.29 is 27.5 Å². The molecule has 9 heteroatoms. The molecule has 2 amide bonds. The summed E-state index contributed by atoms with van der Waals surface area (Å²) < 4.78 is 40.6. The van der Waals surface area contributed by atoms with E-state index in [1.54, 1.807) is 4.90 Å². The van der Waals surface area contributed by atoms with Gasteiger partial charge in [0.2, 0.25) is 11.8 Å². The molecule has 0 aromatic carbocycles. The number of nitrogens with two attached hydrogens (primary N) is 1. The van der Waals surface area contributed by atoms with E-state index >= 15 is 0 Å². The summed E-state index contributed by atoms with van der Waals surface area (Å²) in [5, 5.41) is 0. The summed E-state index contributed by atoms with van der Waals surface area (Å²) in [6.45, 7) is 0.508. The molecular weight excluding hydrogens is 291 g/mol. The van der Waals surface area contributed by atoms with Crippen molar-refractivity contribution >= 4 is 11.8 Å². The lowest BCUT2D eigenvalue weighted by molar-refractivity contribution is -0.142. The molecule has 1 aliphatic heterocycles. The highest BCUT2D eigenvalue weighted by Gasteiger charge is 2.27. The molecule has 0 aromatic heterocycles. The number of likely N-dealkylation sites (tertiary alicyclic amines) is 1. The molecule has 1 heterocycles. The number of hydrogen-bond donors (Lipinski definition) is 2. The molecule has 6 nitrogen and oxygen atoms in total. The average Bonchev–Trinajstić information content (AvgIpc) is 2.44. The van der Waals surface area contributed by atoms with Crippen molar-refractivity contribution in [1.29, 1.82) is 0 Å². The van der Waals surface area contributed by atoms with Crippen LogP contribution in [0.15, 0.2) is 0 Å². The van der Waals surface area contributed by atoms with Crippen LogP contribution >= 0.6 is 0 Å². The molecule has 1 aliphatic rings. The van der Waals surface area contributed by atoms with Gasteiger partial charge in [0.15, 0.2) is 0 Å². The Bertz CT molecular complexity index is 355. The number of alkyl halides is 3. The lowest BCUT2D eigenvalue weighted by Gasteiger charge is -2.30. The largest absolute Gasteiger partial charge is 0.389 e. The van der Waals surface area contributed by atoms with Gasteiger partial charge < -0.3 is 9.64 Å². The molecule has 0 radical (unpaired) electrons. The molecule has 0 atom stereocenters. The van der Waals surface area contributed by atoms with E-state index in [0.29, 0.717) is 25.9 Å². The highest BCUT2D eigenvalue weighted by Crippen LogP contribution is 2.21. The highest BCUT2D eigenvalue weighted by atomic mass is 19.4. The van der Waals surface area contributed by atoms with Gasteiger partial charge in [-0.05, 0) is 19.3 Å². The fraction of sp³-hybridized carbons (Fsp3) is 0.833. The van der Waals surface area contributed by atoms with Gasteiger partial charge in [-0.25, -0.2) is 5.84 Å². The number of amides is 2. The van der Waals surface area contributed by atoms with Crippen LogP contribution in [0.1, 0.15) is 25.7 Å². The third-order valence-corrected chi connectivity index (χ3v) is 3.34. The van der Waals surface area contributed by atoms with E-state index in [-0.39, 0.29) is 37.4 Å². The Kier molecular flexibility index (Phi) is 6.90. The Morgan fingerprint density at radius 3 is 2.43 bits per heavy atom. The lowest BCUT2D eigenvalue weighted by atomic mass is 9.96. The van der Waals surface area contributed by atoms with Crippen LogP contribution in [0.25, 0.3) is 0 Å². The number of nitrogens with one attached hydrogen (secondary N) is 1. The summed E-state index contributed by atoms with van der Waals surface area (Å²) in [4.78, 5) is 24.6. The minimum Gasteiger partial charge on any atom is -0.372 e. The van der Waals surface area contributed by atoms with Crippen LogP contribution in [0.3, 0.4) is 0 Å². The third-order valence-electron chi connectivity index (χ3n) is 3.34. The maximum Gasteiger partial charge on any atom is 0.389 e. The number of hydrazine groups is 1. The van der Waals surface area contributed by atoms with Crippen LogP contribution in [0.4, 0.5) is 13.2 Å². The van der Waals surface area contributed by atoms with Gasteiger partial charge in [-0.2, -0.15) is 13.2 Å². The van der Waals surface area contributed by atoms with E-state index in [9.17, 15) is 22.8 Å². The van der Waals surface area contributed by atoms with E-state index in [1.807, 2.05) is 0 Å². The first-order valence-electron chi connectivity index (χ1n) is 6.76. The Hall–Kier alpha value is -1.35. The first-order chi connectivity index (χ1) is 9.83. The van der Waals surface area contributed by atoms with Crippen LogP contribution < -0.4 is 11.3 Å². The van der Waals surface area contributed by atoms with Crippen LogP contribution in [-0.4, -0.2) is 49.2 Å². The number of hydrogen-bond acceptors (Lipinski definition) is 4. The molecule has 1 saturated heterocycles. The number of ether oxygens (including phenoxy) is 1. The normalized spacial score (nSPS) is 16.9. The van der Waals surface area contributed by atoms with Crippen molar-refractivity contribution in [3.8, 4) is 0 Å². The molecule has 122 valence electrons. The van der Waals surface area contributed by atoms with Crippen LogP contribution in [-0.2, 0) is 14.3 Å². The number of halogens is 3. The van der Waals surface area contributed by atoms with Gasteiger partial charge in [0.25, 0.3) is 0 Å². The van der Waals surface area contributed by atoms with E-state index < -0.39 is 12.6 Å². The van der Waals surface area contributed by atoms with Crippen molar-refractivity contribution in [3.05, 3.63) is 0 Å². The van der Waals surface area contributed by atoms with E-state index in [1.165, 1.54) is 0 Å². The molecule has 0 saturated carbocycles. The second-order valence-electron chi connectivity index (χ2n) is 4.93. The van der Waals surface area contributed by atoms with Gasteiger partial charge in [-0.1, -0.05) is 0 Å². The van der Waals surface area contributed by atoms with E-state index in [2.05, 4.69) is 5.43 Å². The maximum absolute atomic E-state index is 11.9. The quantitative estimate of drug-likeness (QED) is 0.325. The topological polar surface area (TPSA) is 84.7 Å². The van der Waals surface area contributed by atoms with Crippen molar-refractivity contribution in [2.24, 2.45) is 11.8 Å². The SMILES string of the molecule is NNC(=O)C1CCN(C(=O)COCCCC(F)(F)F)CC1. The fourth-order valence-electron chi connectivity index (χ4n) is 2.13. The monoisotopic (exact) mass is 311 g/mol. The van der Waals surface area contributed by atoms with Gasteiger partial charge >= 0.3 is 6.18 Å². The summed E-state index contributed by atoms with van der Waals surface area (Å²) in [6, 6.07) is 0. The molecule has 3 N–H and O–H groups in total. The Morgan fingerprint density at radius 1 is 1.29 bits per heavy atom. The lowest BCUT2D eigenvalue weighted by Crippen LogP contribution is -2.45. The van der Waals surface area contributed by atoms with Gasteiger partial charge in [-0.15, -0.1) is 0 Å². The molecule has 0 bridgehead atoms. The first-order valence-corrected chi connectivity index (χ1v) is 6.76. The van der Waals surface area contributed by atoms with Crippen molar-refractivity contribution in [2.75, 3.05) is 26.3 Å². The summed E-state index contributed by atoms with van der Waals surface area (Å²) in [7, 11) is 0. The zero-order valence-corrected chi connectivity index (χ0v) is 11.6. The Balaban J connectivity index is 2.15. The van der Waals surface area contributed by atoms with Gasteiger partial charge in [0, 0.05) is 32.0 Å². The van der Waals surface area contributed by atoms with E-state index in [0.717, 1.165) is 0 Å². The first kappa shape index (κ1) is 17.7. The predicted octanol–water partition coefficient (Wildman–Crippen LogP) is 0.574. The van der Waals surface area contributed by atoms with Crippen molar-refractivity contribution in [2.45, 2.75) is 31.9 Å². The standard InChI is InChI=1S/C12H20F3N3O3/c13-12(14,15)4-1-7-21-8-10(19)18-5-2-9(3-6-18)11(20)17-16/h9H,1-8,16H2,(H,17,20). The summed E-state index contributed by atoms with van der Waals surface area (Å²) in [6.07, 6.45) is -4.24. The average molecular weight is 311 g/mol. The molecule has 0 unspecified atom stereocenters. The molecule has 1 rings (SSSR count). The van der Waals surface area contributed by atoms with E-state index in [4.69, 9.17) is 10.6 Å². The Morgan fingerprint density at radius 2 is 1.90 bits per heavy atom.